The number of carboxylic acid groups (broad SMARTS) is 1. The normalized spacial score (nSPS) is 11.9. The number of nitrogens with one attached hydrogen (secondary N) is 1. The van der Waals surface area contributed by atoms with Crippen LogP contribution in [0.15, 0.2) is 28.7 Å². The molecule has 0 saturated carbocycles. The van der Waals surface area contributed by atoms with E-state index in [4.69, 9.17) is 5.11 Å². The molecule has 0 bridgehead atoms. The van der Waals surface area contributed by atoms with Crippen molar-refractivity contribution in [1.82, 2.24) is 5.32 Å². The summed E-state index contributed by atoms with van der Waals surface area (Å²) >= 11 is 3.36. The lowest BCUT2D eigenvalue weighted by Crippen LogP contribution is -2.27. The standard InChI is InChI=1S/C16H22BrNO3/c1-2-12(5-8-16(20)21)9-10-18-15(19)11-13-3-6-14(17)7-4-13/h3-4,6-7,12H,2,5,8-11H2,1H3,(H,18,19)(H,20,21). The summed E-state index contributed by atoms with van der Waals surface area (Å²) < 4.78 is 0.996. The van der Waals surface area contributed by atoms with E-state index in [0.717, 1.165) is 22.9 Å². The Kier molecular flexibility index (Phi) is 8.05. The summed E-state index contributed by atoms with van der Waals surface area (Å²) in [5, 5.41) is 11.6. The molecule has 1 unspecified atom stereocenters. The van der Waals surface area contributed by atoms with Gasteiger partial charge in [-0.15, -0.1) is 0 Å². The minimum atomic E-state index is -0.757. The smallest absolute Gasteiger partial charge is 0.303 e. The predicted octanol–water partition coefficient (Wildman–Crippen LogP) is 3.39. The molecule has 0 spiro atoms. The first kappa shape index (κ1) is 17.7. The van der Waals surface area contributed by atoms with Crippen LogP contribution >= 0.6 is 15.9 Å². The van der Waals surface area contributed by atoms with E-state index in [1.165, 1.54) is 0 Å². The first-order valence-electron chi connectivity index (χ1n) is 7.24. The van der Waals surface area contributed by atoms with Crippen LogP contribution in [0.2, 0.25) is 0 Å². The Bertz CT molecular complexity index is 459. The van der Waals surface area contributed by atoms with Crippen LogP contribution < -0.4 is 5.32 Å². The number of hydrogen-bond donors (Lipinski definition) is 2. The third-order valence-corrected chi connectivity index (χ3v) is 4.03. The van der Waals surface area contributed by atoms with E-state index in [2.05, 4.69) is 28.2 Å². The van der Waals surface area contributed by atoms with Crippen LogP contribution in [0.5, 0.6) is 0 Å². The van der Waals surface area contributed by atoms with Crippen molar-refractivity contribution in [1.29, 1.82) is 0 Å². The van der Waals surface area contributed by atoms with E-state index >= 15 is 0 Å². The monoisotopic (exact) mass is 355 g/mol. The van der Waals surface area contributed by atoms with Crippen LogP contribution in [-0.2, 0) is 16.0 Å². The lowest BCUT2D eigenvalue weighted by atomic mass is 9.96. The fourth-order valence-electron chi connectivity index (χ4n) is 2.15. The Morgan fingerprint density at radius 1 is 1.24 bits per heavy atom. The highest BCUT2D eigenvalue weighted by Gasteiger charge is 2.10. The molecular weight excluding hydrogens is 334 g/mol. The number of aliphatic carboxylic acids is 1. The van der Waals surface area contributed by atoms with E-state index in [9.17, 15) is 9.59 Å². The second-order valence-corrected chi connectivity index (χ2v) is 6.06. The summed E-state index contributed by atoms with van der Waals surface area (Å²) in [6, 6.07) is 7.68. The van der Waals surface area contributed by atoms with E-state index < -0.39 is 5.97 Å². The van der Waals surface area contributed by atoms with Gasteiger partial charge in [0.15, 0.2) is 0 Å². The average Bonchev–Trinajstić information content (AvgIpc) is 2.45. The number of carbonyl (C=O) groups is 2. The van der Waals surface area contributed by atoms with Crippen LogP contribution in [0.3, 0.4) is 0 Å². The summed E-state index contributed by atoms with van der Waals surface area (Å²) in [5.41, 5.74) is 0.980. The van der Waals surface area contributed by atoms with Gasteiger partial charge in [0.25, 0.3) is 0 Å². The fraction of sp³-hybridized carbons (Fsp3) is 0.500. The maximum atomic E-state index is 11.8. The number of rotatable bonds is 9. The fourth-order valence-corrected chi connectivity index (χ4v) is 2.41. The van der Waals surface area contributed by atoms with Gasteiger partial charge in [-0.25, -0.2) is 0 Å². The first-order valence-corrected chi connectivity index (χ1v) is 8.03. The zero-order chi connectivity index (χ0) is 15.7. The molecule has 0 saturated heterocycles. The van der Waals surface area contributed by atoms with E-state index in [0.29, 0.717) is 25.3 Å². The van der Waals surface area contributed by atoms with Crippen molar-refractivity contribution >= 4 is 27.8 Å². The maximum absolute atomic E-state index is 11.8. The van der Waals surface area contributed by atoms with Gasteiger partial charge < -0.3 is 10.4 Å². The molecule has 0 radical (unpaired) electrons. The summed E-state index contributed by atoms with van der Waals surface area (Å²) in [6.07, 6.45) is 3.02. The molecule has 0 aromatic heterocycles. The largest absolute Gasteiger partial charge is 0.481 e. The molecule has 1 atom stereocenters. The molecule has 0 aliphatic carbocycles. The molecule has 1 amide bonds. The third kappa shape index (κ3) is 7.85. The van der Waals surface area contributed by atoms with Gasteiger partial charge in [-0.05, 0) is 36.5 Å². The molecule has 0 aliphatic heterocycles. The van der Waals surface area contributed by atoms with Gasteiger partial charge in [-0.1, -0.05) is 41.4 Å². The molecule has 1 rings (SSSR count). The summed E-state index contributed by atoms with van der Waals surface area (Å²) in [4.78, 5) is 22.4. The van der Waals surface area contributed by atoms with Crippen molar-refractivity contribution in [2.24, 2.45) is 5.92 Å². The molecular formula is C16H22BrNO3. The van der Waals surface area contributed by atoms with Crippen molar-refractivity contribution in [3.05, 3.63) is 34.3 Å². The molecule has 1 aromatic rings. The van der Waals surface area contributed by atoms with Gasteiger partial charge in [0, 0.05) is 17.4 Å². The van der Waals surface area contributed by atoms with Crippen LogP contribution in [-0.4, -0.2) is 23.5 Å². The third-order valence-electron chi connectivity index (χ3n) is 3.50. The SMILES string of the molecule is CCC(CCNC(=O)Cc1ccc(Br)cc1)CCC(=O)O. The molecule has 5 heteroatoms. The zero-order valence-electron chi connectivity index (χ0n) is 12.3. The lowest BCUT2D eigenvalue weighted by molar-refractivity contribution is -0.137. The van der Waals surface area contributed by atoms with E-state index in [1.54, 1.807) is 0 Å². The number of halogens is 1. The van der Waals surface area contributed by atoms with Crippen LogP contribution in [0, 0.1) is 5.92 Å². The Morgan fingerprint density at radius 2 is 1.90 bits per heavy atom. The van der Waals surface area contributed by atoms with Crippen molar-refractivity contribution < 1.29 is 14.7 Å². The molecule has 4 nitrogen and oxygen atoms in total. The minimum absolute atomic E-state index is 0.00501. The topological polar surface area (TPSA) is 66.4 Å². The highest BCUT2D eigenvalue weighted by molar-refractivity contribution is 9.10. The van der Waals surface area contributed by atoms with Crippen LogP contribution in [0.4, 0.5) is 0 Å². The zero-order valence-corrected chi connectivity index (χ0v) is 13.9. The van der Waals surface area contributed by atoms with Gasteiger partial charge in [0.1, 0.15) is 0 Å². The number of carbonyl (C=O) groups excluding carboxylic acids is 1. The predicted molar refractivity (Wildman–Crippen MR) is 86.1 cm³/mol. The number of benzene rings is 1. The highest BCUT2D eigenvalue weighted by atomic mass is 79.9. The van der Waals surface area contributed by atoms with Gasteiger partial charge >= 0.3 is 5.97 Å². The molecule has 1 aromatic carbocycles. The van der Waals surface area contributed by atoms with Gasteiger partial charge in [-0.3, -0.25) is 9.59 Å². The molecule has 0 fully saturated rings. The quantitative estimate of drug-likeness (QED) is 0.713. The summed E-state index contributed by atoms with van der Waals surface area (Å²) in [6.45, 7) is 2.66. The second kappa shape index (κ2) is 9.55. The summed E-state index contributed by atoms with van der Waals surface area (Å²) in [5.74, 6) is -0.396. The highest BCUT2D eigenvalue weighted by Crippen LogP contribution is 2.15. The lowest BCUT2D eigenvalue weighted by Gasteiger charge is -2.14. The van der Waals surface area contributed by atoms with Crippen molar-refractivity contribution in [2.45, 2.75) is 39.0 Å². The van der Waals surface area contributed by atoms with Crippen molar-refractivity contribution in [2.75, 3.05) is 6.54 Å². The Hall–Kier alpha value is -1.36. The van der Waals surface area contributed by atoms with Crippen molar-refractivity contribution in [3.63, 3.8) is 0 Å². The molecule has 2 N–H and O–H groups in total. The average molecular weight is 356 g/mol. The second-order valence-electron chi connectivity index (χ2n) is 5.15. The molecule has 116 valence electrons. The maximum Gasteiger partial charge on any atom is 0.303 e. The van der Waals surface area contributed by atoms with Gasteiger partial charge in [-0.2, -0.15) is 0 Å². The number of hydrogen-bond acceptors (Lipinski definition) is 2. The number of amides is 1. The van der Waals surface area contributed by atoms with E-state index in [-0.39, 0.29) is 12.3 Å². The number of carboxylic acids is 1. The Balaban J connectivity index is 2.25. The van der Waals surface area contributed by atoms with Gasteiger partial charge in [0.05, 0.1) is 6.42 Å². The van der Waals surface area contributed by atoms with E-state index in [1.807, 2.05) is 24.3 Å². The van der Waals surface area contributed by atoms with Gasteiger partial charge in [0.2, 0.25) is 5.91 Å². The van der Waals surface area contributed by atoms with Crippen molar-refractivity contribution in [3.8, 4) is 0 Å². The molecule has 0 heterocycles. The Labute approximate surface area is 134 Å². The van der Waals surface area contributed by atoms with Crippen LogP contribution in [0.25, 0.3) is 0 Å². The van der Waals surface area contributed by atoms with Crippen LogP contribution in [0.1, 0.15) is 38.2 Å². The molecule has 21 heavy (non-hydrogen) atoms. The minimum Gasteiger partial charge on any atom is -0.481 e. The summed E-state index contributed by atoms with van der Waals surface area (Å²) in [7, 11) is 0. The Morgan fingerprint density at radius 3 is 2.48 bits per heavy atom. The molecule has 0 aliphatic rings. The first-order chi connectivity index (χ1) is 10.0.